The van der Waals surface area contributed by atoms with Gasteiger partial charge in [0.05, 0.1) is 12.0 Å². The van der Waals surface area contributed by atoms with E-state index in [2.05, 4.69) is 21.2 Å². The summed E-state index contributed by atoms with van der Waals surface area (Å²) in [4.78, 5) is 38.0. The molecule has 26 heavy (non-hydrogen) atoms. The summed E-state index contributed by atoms with van der Waals surface area (Å²) in [5.41, 5.74) is 0.401. The molecule has 7 nitrogen and oxygen atoms in total. The van der Waals surface area contributed by atoms with Gasteiger partial charge < -0.3 is 15.3 Å². The number of hydrogen-bond acceptors (Lipinski definition) is 4. The van der Waals surface area contributed by atoms with E-state index in [0.717, 1.165) is 4.47 Å². The Bertz CT molecular complexity index is 742. The standard InChI is InChI=1S/C18H20BrN3O4/c1-10(2)15(21-16(23)12-3-5-13(19)6-4-12)17(24)22-9-11(8-20)7-14(22)18(25)26/h3-6,10-11,14-15H,7,9H2,1-2H3,(H,21,23)(H,25,26)/t11-,14-,15?/m0/s1. The number of carboxylic acid groups (broad SMARTS) is 1. The molecule has 1 saturated heterocycles. The third-order valence-corrected chi connectivity index (χ3v) is 4.91. The van der Waals surface area contributed by atoms with Crippen LogP contribution in [0.1, 0.15) is 30.6 Å². The predicted molar refractivity (Wildman–Crippen MR) is 97.1 cm³/mol. The van der Waals surface area contributed by atoms with Crippen LogP contribution in [0, 0.1) is 23.2 Å². The molecular weight excluding hydrogens is 402 g/mol. The third-order valence-electron chi connectivity index (χ3n) is 4.38. The maximum absolute atomic E-state index is 12.9. The van der Waals surface area contributed by atoms with Crippen molar-refractivity contribution in [3.63, 3.8) is 0 Å². The van der Waals surface area contributed by atoms with E-state index in [1.165, 1.54) is 4.90 Å². The fourth-order valence-corrected chi connectivity index (χ4v) is 3.19. The number of nitrogens with zero attached hydrogens (tertiary/aromatic N) is 2. The number of rotatable bonds is 5. The molecule has 2 amide bonds. The Morgan fingerprint density at radius 1 is 1.31 bits per heavy atom. The van der Waals surface area contributed by atoms with E-state index in [-0.39, 0.29) is 18.9 Å². The molecule has 0 aromatic heterocycles. The van der Waals surface area contributed by atoms with Crippen molar-refractivity contribution in [3.05, 3.63) is 34.3 Å². The van der Waals surface area contributed by atoms with Gasteiger partial charge in [-0.3, -0.25) is 9.59 Å². The third kappa shape index (κ3) is 4.41. The fourth-order valence-electron chi connectivity index (χ4n) is 2.93. The largest absolute Gasteiger partial charge is 0.480 e. The number of likely N-dealkylation sites (tertiary alicyclic amines) is 1. The summed E-state index contributed by atoms with van der Waals surface area (Å²) in [5, 5.41) is 21.1. The van der Waals surface area contributed by atoms with Gasteiger partial charge in [0.15, 0.2) is 0 Å². The van der Waals surface area contributed by atoms with Crippen LogP contribution in [0.3, 0.4) is 0 Å². The number of carbonyl (C=O) groups excluding carboxylic acids is 2. The predicted octanol–water partition coefficient (Wildman–Crippen LogP) is 2.03. The zero-order valence-electron chi connectivity index (χ0n) is 14.5. The lowest BCUT2D eigenvalue weighted by molar-refractivity contribution is -0.149. The molecule has 0 bridgehead atoms. The Kier molecular flexibility index (Phi) is 6.37. The van der Waals surface area contributed by atoms with E-state index in [1.807, 2.05) is 6.07 Å². The summed E-state index contributed by atoms with van der Waals surface area (Å²) in [5.74, 6) is -2.78. The molecule has 3 atom stereocenters. The number of carboxylic acids is 1. The number of halogens is 1. The number of aliphatic carboxylic acids is 1. The summed E-state index contributed by atoms with van der Waals surface area (Å²) in [7, 11) is 0. The molecular formula is C18H20BrN3O4. The van der Waals surface area contributed by atoms with E-state index in [1.54, 1.807) is 38.1 Å². The van der Waals surface area contributed by atoms with Gasteiger partial charge in [-0.1, -0.05) is 29.8 Å². The van der Waals surface area contributed by atoms with E-state index in [0.29, 0.717) is 5.56 Å². The van der Waals surface area contributed by atoms with E-state index in [4.69, 9.17) is 5.26 Å². The van der Waals surface area contributed by atoms with Gasteiger partial charge in [-0.25, -0.2) is 4.79 Å². The first-order chi connectivity index (χ1) is 12.2. The number of hydrogen-bond donors (Lipinski definition) is 2. The molecule has 1 heterocycles. The van der Waals surface area contributed by atoms with Crippen LogP contribution in [0.4, 0.5) is 0 Å². The van der Waals surface area contributed by atoms with Crippen molar-refractivity contribution in [2.75, 3.05) is 6.54 Å². The first kappa shape index (κ1) is 19.9. The summed E-state index contributed by atoms with van der Waals surface area (Å²) in [6.45, 7) is 3.61. The summed E-state index contributed by atoms with van der Waals surface area (Å²) >= 11 is 3.29. The van der Waals surface area contributed by atoms with Gasteiger partial charge >= 0.3 is 5.97 Å². The van der Waals surface area contributed by atoms with Crippen LogP contribution >= 0.6 is 15.9 Å². The highest BCUT2D eigenvalue weighted by Gasteiger charge is 2.42. The lowest BCUT2D eigenvalue weighted by Crippen LogP contribution is -2.53. The highest BCUT2D eigenvalue weighted by molar-refractivity contribution is 9.10. The lowest BCUT2D eigenvalue weighted by Gasteiger charge is -2.29. The first-order valence-corrected chi connectivity index (χ1v) is 9.03. The molecule has 1 aliphatic rings. The van der Waals surface area contributed by atoms with E-state index in [9.17, 15) is 19.5 Å². The van der Waals surface area contributed by atoms with Crippen molar-refractivity contribution in [1.29, 1.82) is 5.26 Å². The minimum atomic E-state index is -1.14. The Hall–Kier alpha value is -2.40. The van der Waals surface area contributed by atoms with Crippen LogP contribution in [-0.4, -0.2) is 46.4 Å². The van der Waals surface area contributed by atoms with Crippen LogP contribution in [0.25, 0.3) is 0 Å². The molecule has 1 aliphatic heterocycles. The zero-order valence-corrected chi connectivity index (χ0v) is 16.1. The van der Waals surface area contributed by atoms with Crippen molar-refractivity contribution in [3.8, 4) is 6.07 Å². The monoisotopic (exact) mass is 421 g/mol. The Balaban J connectivity index is 2.19. The normalized spacial score (nSPS) is 20.5. The number of nitrogens with one attached hydrogen (secondary N) is 1. The lowest BCUT2D eigenvalue weighted by atomic mass is 10.0. The Labute approximate surface area is 160 Å². The van der Waals surface area contributed by atoms with Gasteiger partial charge in [-0.05, 0) is 36.6 Å². The van der Waals surface area contributed by atoms with Crippen LogP contribution in [0.15, 0.2) is 28.7 Å². The van der Waals surface area contributed by atoms with Gasteiger partial charge in [0.2, 0.25) is 5.91 Å². The minimum absolute atomic E-state index is 0.0592. The summed E-state index contributed by atoms with van der Waals surface area (Å²) < 4.78 is 0.828. The van der Waals surface area contributed by atoms with Crippen molar-refractivity contribution in [2.45, 2.75) is 32.4 Å². The Morgan fingerprint density at radius 3 is 2.42 bits per heavy atom. The van der Waals surface area contributed by atoms with Gasteiger partial charge in [0.25, 0.3) is 5.91 Å². The van der Waals surface area contributed by atoms with Crippen molar-refractivity contribution in [2.24, 2.45) is 11.8 Å². The quantitative estimate of drug-likeness (QED) is 0.755. The second kappa shape index (κ2) is 8.32. The minimum Gasteiger partial charge on any atom is -0.480 e. The molecule has 8 heteroatoms. The maximum atomic E-state index is 12.9. The van der Waals surface area contributed by atoms with Gasteiger partial charge in [-0.2, -0.15) is 5.26 Å². The summed E-state index contributed by atoms with van der Waals surface area (Å²) in [6.07, 6.45) is 0.100. The SMILES string of the molecule is CC(C)C(NC(=O)c1ccc(Br)cc1)C(=O)N1C[C@H](C#N)C[C@H]1C(=O)O. The van der Waals surface area contributed by atoms with Crippen LogP contribution in [0.2, 0.25) is 0 Å². The van der Waals surface area contributed by atoms with Gasteiger partial charge in [0, 0.05) is 16.6 Å². The number of nitriles is 1. The molecule has 0 radical (unpaired) electrons. The topological polar surface area (TPSA) is 111 Å². The van der Waals surface area contributed by atoms with E-state index < -0.39 is 35.8 Å². The maximum Gasteiger partial charge on any atom is 0.326 e. The highest BCUT2D eigenvalue weighted by atomic mass is 79.9. The second-order valence-electron chi connectivity index (χ2n) is 6.61. The first-order valence-electron chi connectivity index (χ1n) is 8.24. The van der Waals surface area contributed by atoms with Crippen molar-refractivity contribution in [1.82, 2.24) is 10.2 Å². The summed E-state index contributed by atoms with van der Waals surface area (Å²) in [6, 6.07) is 6.81. The second-order valence-corrected chi connectivity index (χ2v) is 7.52. The van der Waals surface area contributed by atoms with Crippen LogP contribution < -0.4 is 5.32 Å². The molecule has 2 rings (SSSR count). The molecule has 1 fully saturated rings. The molecule has 1 aromatic carbocycles. The molecule has 138 valence electrons. The number of carbonyl (C=O) groups is 3. The molecule has 0 aliphatic carbocycles. The molecule has 0 saturated carbocycles. The average molecular weight is 422 g/mol. The van der Waals surface area contributed by atoms with Crippen LogP contribution in [-0.2, 0) is 9.59 Å². The zero-order chi connectivity index (χ0) is 19.4. The van der Waals surface area contributed by atoms with Crippen molar-refractivity contribution >= 4 is 33.7 Å². The molecule has 2 N–H and O–H groups in total. The van der Waals surface area contributed by atoms with E-state index >= 15 is 0 Å². The number of amides is 2. The molecule has 0 spiro atoms. The average Bonchev–Trinajstić information content (AvgIpc) is 3.04. The number of benzene rings is 1. The Morgan fingerprint density at radius 2 is 1.92 bits per heavy atom. The van der Waals surface area contributed by atoms with Crippen LogP contribution in [0.5, 0.6) is 0 Å². The van der Waals surface area contributed by atoms with Crippen molar-refractivity contribution < 1.29 is 19.5 Å². The molecule has 1 aromatic rings. The fraction of sp³-hybridized carbons (Fsp3) is 0.444. The molecule has 1 unspecified atom stereocenters. The smallest absolute Gasteiger partial charge is 0.326 e. The van der Waals surface area contributed by atoms with Gasteiger partial charge in [0.1, 0.15) is 12.1 Å². The highest BCUT2D eigenvalue weighted by Crippen LogP contribution is 2.25. The van der Waals surface area contributed by atoms with Gasteiger partial charge in [-0.15, -0.1) is 0 Å².